The van der Waals surface area contributed by atoms with Crippen molar-refractivity contribution >= 4 is 10.0 Å². The summed E-state index contributed by atoms with van der Waals surface area (Å²) >= 11 is 0. The van der Waals surface area contributed by atoms with E-state index in [9.17, 15) is 8.42 Å². The molecule has 130 valence electrons. The predicted octanol–water partition coefficient (Wildman–Crippen LogP) is 2.55. The maximum absolute atomic E-state index is 12.0. The summed E-state index contributed by atoms with van der Waals surface area (Å²) in [6.45, 7) is 4.31. The molecule has 1 fully saturated rings. The van der Waals surface area contributed by atoms with E-state index in [1.165, 1.54) is 19.3 Å². The quantitative estimate of drug-likeness (QED) is 0.790. The number of hydrogen-bond acceptors (Lipinski definition) is 4. The molecule has 2 rings (SSSR count). The molecule has 1 atom stereocenters. The van der Waals surface area contributed by atoms with Gasteiger partial charge in [0.1, 0.15) is 5.75 Å². The molecule has 1 aromatic carbocycles. The number of hydrogen-bond donors (Lipinski definition) is 1. The van der Waals surface area contributed by atoms with E-state index in [4.69, 9.17) is 4.74 Å². The van der Waals surface area contributed by atoms with Gasteiger partial charge >= 0.3 is 0 Å². The van der Waals surface area contributed by atoms with Crippen LogP contribution < -0.4 is 9.46 Å². The average Bonchev–Trinajstić information content (AvgIpc) is 2.56. The Hall–Kier alpha value is -1.11. The maximum Gasteiger partial charge on any atom is 0.211 e. The van der Waals surface area contributed by atoms with Gasteiger partial charge in [0, 0.05) is 12.6 Å². The lowest BCUT2D eigenvalue weighted by Crippen LogP contribution is -2.41. The molecule has 0 aliphatic carbocycles. The highest BCUT2D eigenvalue weighted by Gasteiger charge is 2.24. The van der Waals surface area contributed by atoms with Crippen LogP contribution in [-0.2, 0) is 10.0 Å². The molecule has 0 bridgehead atoms. The molecule has 0 aromatic heterocycles. The summed E-state index contributed by atoms with van der Waals surface area (Å²) in [4.78, 5) is 2.38. The number of piperidine rings is 1. The molecule has 23 heavy (non-hydrogen) atoms. The Morgan fingerprint density at radius 1 is 1.26 bits per heavy atom. The zero-order chi connectivity index (χ0) is 16.7. The Morgan fingerprint density at radius 3 is 2.65 bits per heavy atom. The number of benzene rings is 1. The van der Waals surface area contributed by atoms with Crippen molar-refractivity contribution in [3.63, 3.8) is 0 Å². The second-order valence-corrected chi connectivity index (χ2v) is 7.98. The highest BCUT2D eigenvalue weighted by Crippen LogP contribution is 2.27. The molecule has 0 radical (unpaired) electrons. The molecule has 1 aliphatic heterocycles. The molecular formula is C17H28N2O3S. The van der Waals surface area contributed by atoms with Crippen LogP contribution in [0.15, 0.2) is 24.3 Å². The first kappa shape index (κ1) is 18.2. The number of sulfonamides is 1. The molecule has 1 heterocycles. The standard InChI is InChI=1S/C17H28N2O3S/c1-3-12-23(20,21)18-14-17(19-10-5-4-6-11-19)15-8-7-9-16(13-15)22-2/h7-9,13,17-18H,3-6,10-12,14H2,1-2H3. The summed E-state index contributed by atoms with van der Waals surface area (Å²) in [5.41, 5.74) is 1.10. The van der Waals surface area contributed by atoms with Crippen LogP contribution >= 0.6 is 0 Å². The SMILES string of the molecule is CCCS(=O)(=O)NCC(c1cccc(OC)c1)N1CCCCC1. The highest BCUT2D eigenvalue weighted by molar-refractivity contribution is 7.89. The van der Waals surface area contributed by atoms with E-state index < -0.39 is 10.0 Å². The minimum Gasteiger partial charge on any atom is -0.497 e. The van der Waals surface area contributed by atoms with Crippen molar-refractivity contribution in [2.24, 2.45) is 0 Å². The lowest BCUT2D eigenvalue weighted by atomic mass is 10.0. The lowest BCUT2D eigenvalue weighted by Gasteiger charge is -2.35. The Balaban J connectivity index is 2.17. The molecule has 1 saturated heterocycles. The molecule has 6 heteroatoms. The van der Waals surface area contributed by atoms with Gasteiger partial charge in [0.05, 0.1) is 12.9 Å². The van der Waals surface area contributed by atoms with Gasteiger partial charge in [0.2, 0.25) is 10.0 Å². The van der Waals surface area contributed by atoms with E-state index in [0.29, 0.717) is 13.0 Å². The normalized spacial score (nSPS) is 17.8. The van der Waals surface area contributed by atoms with Crippen LogP contribution in [0.25, 0.3) is 0 Å². The van der Waals surface area contributed by atoms with E-state index in [-0.39, 0.29) is 11.8 Å². The largest absolute Gasteiger partial charge is 0.497 e. The maximum atomic E-state index is 12.0. The molecule has 0 saturated carbocycles. The van der Waals surface area contributed by atoms with Crippen LogP contribution in [0.4, 0.5) is 0 Å². The summed E-state index contributed by atoms with van der Waals surface area (Å²) in [7, 11) is -1.55. The Bertz CT molecular complexity index is 583. The fourth-order valence-corrected chi connectivity index (χ4v) is 4.18. The van der Waals surface area contributed by atoms with Gasteiger partial charge < -0.3 is 4.74 Å². The van der Waals surface area contributed by atoms with Crippen LogP contribution in [0.3, 0.4) is 0 Å². The van der Waals surface area contributed by atoms with Crippen molar-refractivity contribution in [3.05, 3.63) is 29.8 Å². The van der Waals surface area contributed by atoms with Gasteiger partial charge in [0.15, 0.2) is 0 Å². The van der Waals surface area contributed by atoms with Gasteiger partial charge in [-0.15, -0.1) is 0 Å². The van der Waals surface area contributed by atoms with Crippen molar-refractivity contribution in [2.45, 2.75) is 38.6 Å². The van der Waals surface area contributed by atoms with Gasteiger partial charge in [0.25, 0.3) is 0 Å². The summed E-state index contributed by atoms with van der Waals surface area (Å²) in [6, 6.07) is 7.99. The van der Waals surface area contributed by atoms with Crippen molar-refractivity contribution < 1.29 is 13.2 Å². The van der Waals surface area contributed by atoms with E-state index >= 15 is 0 Å². The van der Waals surface area contributed by atoms with Gasteiger partial charge in [-0.25, -0.2) is 13.1 Å². The first-order chi connectivity index (χ1) is 11.1. The van der Waals surface area contributed by atoms with E-state index in [2.05, 4.69) is 15.7 Å². The van der Waals surface area contributed by atoms with E-state index in [1.54, 1.807) is 7.11 Å². The number of nitrogens with one attached hydrogen (secondary N) is 1. The number of methoxy groups -OCH3 is 1. The first-order valence-electron chi connectivity index (χ1n) is 8.41. The number of nitrogens with zero attached hydrogens (tertiary/aromatic N) is 1. The smallest absolute Gasteiger partial charge is 0.211 e. The zero-order valence-corrected chi connectivity index (χ0v) is 14.9. The van der Waals surface area contributed by atoms with Crippen molar-refractivity contribution in [1.29, 1.82) is 0 Å². The topological polar surface area (TPSA) is 58.6 Å². The Labute approximate surface area is 140 Å². The predicted molar refractivity (Wildman–Crippen MR) is 93.2 cm³/mol. The Morgan fingerprint density at radius 2 is 2.00 bits per heavy atom. The van der Waals surface area contributed by atoms with Crippen LogP contribution in [0, 0.1) is 0 Å². The fourth-order valence-electron chi connectivity index (χ4n) is 3.08. The molecule has 1 N–H and O–H groups in total. The van der Waals surface area contributed by atoms with Crippen LogP contribution in [-0.4, -0.2) is 45.8 Å². The minimum absolute atomic E-state index is 0.0528. The fraction of sp³-hybridized carbons (Fsp3) is 0.647. The summed E-state index contributed by atoms with van der Waals surface area (Å²) < 4.78 is 32.1. The molecule has 0 amide bonds. The molecule has 1 unspecified atom stereocenters. The molecule has 0 spiro atoms. The lowest BCUT2D eigenvalue weighted by molar-refractivity contribution is 0.164. The second-order valence-electron chi connectivity index (χ2n) is 6.06. The van der Waals surface area contributed by atoms with Crippen LogP contribution in [0.2, 0.25) is 0 Å². The zero-order valence-electron chi connectivity index (χ0n) is 14.1. The summed E-state index contributed by atoms with van der Waals surface area (Å²) in [5.74, 6) is 0.985. The number of likely N-dealkylation sites (tertiary alicyclic amines) is 1. The summed E-state index contributed by atoms with van der Waals surface area (Å²) in [5, 5.41) is 0. The van der Waals surface area contributed by atoms with Gasteiger partial charge in [-0.2, -0.15) is 0 Å². The van der Waals surface area contributed by atoms with E-state index in [1.807, 2.05) is 25.1 Å². The van der Waals surface area contributed by atoms with Crippen LogP contribution in [0.1, 0.15) is 44.2 Å². The highest BCUT2D eigenvalue weighted by atomic mass is 32.2. The van der Waals surface area contributed by atoms with E-state index in [0.717, 1.165) is 24.4 Å². The third-order valence-corrected chi connectivity index (χ3v) is 5.83. The summed E-state index contributed by atoms with van der Waals surface area (Å²) in [6.07, 6.45) is 4.22. The van der Waals surface area contributed by atoms with Crippen LogP contribution in [0.5, 0.6) is 5.75 Å². The van der Waals surface area contributed by atoms with Gasteiger partial charge in [-0.1, -0.05) is 25.5 Å². The third-order valence-electron chi connectivity index (χ3n) is 4.28. The number of rotatable bonds is 8. The van der Waals surface area contributed by atoms with Gasteiger partial charge in [-0.05, 0) is 50.0 Å². The number of ether oxygens (including phenoxy) is 1. The minimum atomic E-state index is -3.20. The Kier molecular flexibility index (Phi) is 6.87. The van der Waals surface area contributed by atoms with Crippen molar-refractivity contribution in [1.82, 2.24) is 9.62 Å². The molecule has 5 nitrogen and oxygen atoms in total. The van der Waals surface area contributed by atoms with Crippen molar-refractivity contribution in [3.8, 4) is 5.75 Å². The van der Waals surface area contributed by atoms with Crippen molar-refractivity contribution in [2.75, 3.05) is 32.5 Å². The monoisotopic (exact) mass is 340 g/mol. The second kappa shape index (κ2) is 8.66. The molecule has 1 aliphatic rings. The molecular weight excluding hydrogens is 312 g/mol. The van der Waals surface area contributed by atoms with Gasteiger partial charge in [-0.3, -0.25) is 4.90 Å². The average molecular weight is 340 g/mol. The molecule has 1 aromatic rings. The first-order valence-corrected chi connectivity index (χ1v) is 10.1. The third kappa shape index (κ3) is 5.48.